The summed E-state index contributed by atoms with van der Waals surface area (Å²) in [7, 11) is -3.89. The Morgan fingerprint density at radius 3 is 2.38 bits per heavy atom. The van der Waals surface area contributed by atoms with Crippen LogP contribution < -0.4 is 9.62 Å². The number of hydrogen-bond donors (Lipinski definition) is 1. The highest BCUT2D eigenvalue weighted by Crippen LogP contribution is 2.43. The van der Waals surface area contributed by atoms with Crippen LogP contribution in [0.2, 0.25) is 5.02 Å². The Morgan fingerprint density at radius 1 is 0.966 bits per heavy atom. The Labute approximate surface area is 175 Å². The van der Waals surface area contributed by atoms with Gasteiger partial charge in [0.2, 0.25) is 5.91 Å². The third-order valence-corrected chi connectivity index (χ3v) is 7.06. The Hall–Kier alpha value is -2.83. The molecule has 3 aromatic rings. The molecule has 0 fully saturated rings. The molecule has 4 rings (SSSR count). The molecule has 0 bridgehead atoms. The van der Waals surface area contributed by atoms with Gasteiger partial charge in [-0.1, -0.05) is 48.0 Å². The molecule has 3 aromatic carbocycles. The largest absolute Gasteiger partial charge is 0.324 e. The number of nitrogens with zero attached hydrogens (tertiary/aromatic N) is 1. The summed E-state index contributed by atoms with van der Waals surface area (Å²) in [6.45, 7) is 3.46. The normalized spacial score (nSPS) is 14.1. The lowest BCUT2D eigenvalue weighted by atomic mass is 10.0. The molecule has 1 N–H and O–H groups in total. The number of anilines is 2. The summed E-state index contributed by atoms with van der Waals surface area (Å²) in [6, 6.07) is 17.4. The third-order valence-electron chi connectivity index (χ3n) is 5.01. The van der Waals surface area contributed by atoms with Crippen molar-refractivity contribution >= 4 is 38.9 Å². The Bertz CT molecular complexity index is 1220. The Kier molecular flexibility index (Phi) is 4.84. The van der Waals surface area contributed by atoms with E-state index in [1.54, 1.807) is 42.5 Å². The monoisotopic (exact) mass is 426 g/mol. The van der Waals surface area contributed by atoms with E-state index in [2.05, 4.69) is 5.32 Å². The number of benzene rings is 3. The Balaban J connectivity index is 1.75. The minimum atomic E-state index is -3.89. The van der Waals surface area contributed by atoms with Gasteiger partial charge in [0.1, 0.15) is 6.54 Å². The molecule has 0 radical (unpaired) electrons. The molecule has 1 heterocycles. The molecule has 1 aliphatic heterocycles. The van der Waals surface area contributed by atoms with Crippen molar-refractivity contribution in [2.24, 2.45) is 0 Å². The molecule has 1 aliphatic rings. The first-order chi connectivity index (χ1) is 13.8. The number of rotatable bonds is 3. The lowest BCUT2D eigenvalue weighted by molar-refractivity contribution is -0.114. The molecule has 0 spiro atoms. The molecule has 7 heteroatoms. The van der Waals surface area contributed by atoms with E-state index in [4.69, 9.17) is 11.6 Å². The van der Waals surface area contributed by atoms with Crippen molar-refractivity contribution in [3.8, 4) is 11.1 Å². The number of nitrogens with one attached hydrogen (secondary N) is 1. The van der Waals surface area contributed by atoms with Gasteiger partial charge in [-0.3, -0.25) is 9.10 Å². The number of amides is 1. The second kappa shape index (κ2) is 7.21. The van der Waals surface area contributed by atoms with Crippen LogP contribution in [0.5, 0.6) is 0 Å². The molecule has 0 aromatic heterocycles. The topological polar surface area (TPSA) is 66.5 Å². The van der Waals surface area contributed by atoms with Crippen molar-refractivity contribution in [2.75, 3.05) is 16.2 Å². The van der Waals surface area contributed by atoms with E-state index < -0.39 is 15.9 Å². The zero-order valence-corrected chi connectivity index (χ0v) is 17.5. The summed E-state index contributed by atoms with van der Waals surface area (Å²) < 4.78 is 27.7. The van der Waals surface area contributed by atoms with Crippen LogP contribution in [0.15, 0.2) is 65.6 Å². The second-order valence-corrected chi connectivity index (χ2v) is 9.25. The van der Waals surface area contributed by atoms with E-state index in [1.807, 2.05) is 32.0 Å². The van der Waals surface area contributed by atoms with Crippen LogP contribution in [0.1, 0.15) is 11.1 Å². The quantitative estimate of drug-likeness (QED) is 0.655. The number of hydrogen-bond acceptors (Lipinski definition) is 3. The number of fused-ring (bicyclic) bond motifs is 3. The summed E-state index contributed by atoms with van der Waals surface area (Å²) in [4.78, 5) is 13.0. The highest BCUT2D eigenvalue weighted by atomic mass is 35.5. The van der Waals surface area contributed by atoms with Gasteiger partial charge in [-0.05, 0) is 49.2 Å². The molecule has 0 aliphatic carbocycles. The average molecular weight is 427 g/mol. The van der Waals surface area contributed by atoms with Crippen molar-refractivity contribution < 1.29 is 13.2 Å². The highest BCUT2D eigenvalue weighted by Gasteiger charge is 2.36. The fourth-order valence-electron chi connectivity index (χ4n) is 3.59. The number of carbonyl (C=O) groups is 1. The maximum atomic E-state index is 13.3. The zero-order valence-electron chi connectivity index (χ0n) is 15.9. The minimum Gasteiger partial charge on any atom is -0.324 e. The van der Waals surface area contributed by atoms with E-state index in [-0.39, 0.29) is 11.4 Å². The minimum absolute atomic E-state index is 0.162. The first kappa shape index (κ1) is 19.5. The Morgan fingerprint density at radius 2 is 1.66 bits per heavy atom. The summed E-state index contributed by atoms with van der Waals surface area (Å²) in [5, 5.41) is 3.36. The molecular formula is C22H19ClN2O3S. The van der Waals surface area contributed by atoms with E-state index in [9.17, 15) is 13.2 Å². The van der Waals surface area contributed by atoms with E-state index in [0.717, 1.165) is 15.4 Å². The van der Waals surface area contributed by atoms with Gasteiger partial charge >= 0.3 is 0 Å². The third kappa shape index (κ3) is 3.39. The lowest BCUT2D eigenvalue weighted by Gasteiger charge is -2.31. The molecule has 5 nitrogen and oxygen atoms in total. The molecule has 148 valence electrons. The van der Waals surface area contributed by atoms with Crippen molar-refractivity contribution in [3.05, 3.63) is 76.8 Å². The van der Waals surface area contributed by atoms with E-state index in [0.29, 0.717) is 27.5 Å². The fourth-order valence-corrected chi connectivity index (χ4v) is 5.42. The van der Waals surface area contributed by atoms with Crippen LogP contribution in [0.4, 0.5) is 11.4 Å². The molecule has 29 heavy (non-hydrogen) atoms. The standard InChI is InChI=1S/C22H19ClN2O3S/c1-14-6-5-7-15(2)22(14)24-21(26)13-25-19-11-10-16(23)12-18(19)17-8-3-4-9-20(17)29(25,27)28/h3-12H,13H2,1-2H3,(H,24,26). The maximum Gasteiger partial charge on any atom is 0.265 e. The van der Waals surface area contributed by atoms with Crippen molar-refractivity contribution in [3.63, 3.8) is 0 Å². The van der Waals surface area contributed by atoms with Gasteiger partial charge in [-0.25, -0.2) is 8.42 Å². The van der Waals surface area contributed by atoms with Gasteiger partial charge in [-0.15, -0.1) is 0 Å². The molecule has 1 amide bonds. The number of para-hydroxylation sites is 1. The summed E-state index contributed by atoms with van der Waals surface area (Å²) in [6.07, 6.45) is 0. The molecule has 0 atom stereocenters. The predicted molar refractivity (Wildman–Crippen MR) is 116 cm³/mol. The van der Waals surface area contributed by atoms with Gasteiger partial charge < -0.3 is 5.32 Å². The van der Waals surface area contributed by atoms with Gasteiger partial charge in [0, 0.05) is 21.8 Å². The molecular weight excluding hydrogens is 408 g/mol. The lowest BCUT2D eigenvalue weighted by Crippen LogP contribution is -2.40. The van der Waals surface area contributed by atoms with Gasteiger partial charge in [-0.2, -0.15) is 0 Å². The van der Waals surface area contributed by atoms with Crippen molar-refractivity contribution in [1.82, 2.24) is 0 Å². The van der Waals surface area contributed by atoms with E-state index >= 15 is 0 Å². The molecule has 0 saturated heterocycles. The summed E-state index contributed by atoms with van der Waals surface area (Å²) in [5.74, 6) is -0.411. The molecule has 0 saturated carbocycles. The first-order valence-electron chi connectivity index (χ1n) is 9.07. The van der Waals surface area contributed by atoms with Gasteiger partial charge in [0.25, 0.3) is 10.0 Å². The van der Waals surface area contributed by atoms with Gasteiger partial charge in [0.05, 0.1) is 10.6 Å². The van der Waals surface area contributed by atoms with Crippen molar-refractivity contribution in [2.45, 2.75) is 18.7 Å². The maximum absolute atomic E-state index is 13.3. The number of aryl methyl sites for hydroxylation is 2. The first-order valence-corrected chi connectivity index (χ1v) is 10.9. The fraction of sp³-hybridized carbons (Fsp3) is 0.136. The van der Waals surface area contributed by atoms with Crippen LogP contribution in [0, 0.1) is 13.8 Å². The number of carbonyl (C=O) groups excluding carboxylic acids is 1. The number of sulfonamides is 1. The van der Waals surface area contributed by atoms with Crippen molar-refractivity contribution in [1.29, 1.82) is 0 Å². The average Bonchev–Trinajstić information content (AvgIpc) is 2.68. The summed E-state index contributed by atoms with van der Waals surface area (Å²) >= 11 is 6.16. The van der Waals surface area contributed by atoms with Crippen LogP contribution in [-0.4, -0.2) is 20.9 Å². The van der Waals surface area contributed by atoms with Gasteiger partial charge in [0.15, 0.2) is 0 Å². The zero-order chi connectivity index (χ0) is 20.8. The molecule has 0 unspecified atom stereocenters. The highest BCUT2D eigenvalue weighted by molar-refractivity contribution is 7.93. The van der Waals surface area contributed by atoms with Crippen LogP contribution in [-0.2, 0) is 14.8 Å². The second-order valence-electron chi connectivity index (χ2n) is 6.98. The predicted octanol–water partition coefficient (Wildman–Crippen LogP) is 4.77. The number of halogens is 1. The smallest absolute Gasteiger partial charge is 0.265 e. The van der Waals surface area contributed by atoms with E-state index in [1.165, 1.54) is 0 Å². The van der Waals surface area contributed by atoms with Crippen LogP contribution >= 0.6 is 11.6 Å². The summed E-state index contributed by atoms with van der Waals surface area (Å²) in [5.41, 5.74) is 4.22. The SMILES string of the molecule is Cc1cccc(C)c1NC(=O)CN1c2ccc(Cl)cc2-c2ccccc2S1(=O)=O. The van der Waals surface area contributed by atoms with Crippen LogP contribution in [0.3, 0.4) is 0 Å². The van der Waals surface area contributed by atoms with Crippen LogP contribution in [0.25, 0.3) is 11.1 Å².